The Morgan fingerprint density at radius 3 is 2.35 bits per heavy atom. The molecule has 0 spiro atoms. The average Bonchev–Trinajstić information content (AvgIpc) is 2.60. The first kappa shape index (κ1) is 19.2. The molecule has 2 aromatic rings. The minimum atomic E-state index is -0.758. The Labute approximate surface area is 156 Å². The summed E-state index contributed by atoms with van der Waals surface area (Å²) in [6.07, 6.45) is -0.328. The van der Waals surface area contributed by atoms with Crippen LogP contribution in [0.25, 0.3) is 0 Å². The van der Waals surface area contributed by atoms with Crippen molar-refractivity contribution < 1.29 is 14.6 Å². The van der Waals surface area contributed by atoms with Crippen molar-refractivity contribution in [2.24, 2.45) is 5.10 Å². The van der Waals surface area contributed by atoms with E-state index in [1.807, 2.05) is 24.3 Å². The first-order chi connectivity index (χ1) is 12.3. The van der Waals surface area contributed by atoms with Crippen LogP contribution in [0, 0.1) is 20.2 Å². The number of carbonyl (C=O) groups excluding carboxylic acids is 1. The number of halogens is 1. The SMILES string of the molecule is CC(=NNC(=O)Cc1ccc([N+](=O)[O-])cc1[N+](=O)[O-])c1ccc(Br)cc1. The first-order valence-corrected chi connectivity index (χ1v) is 8.08. The van der Waals surface area contributed by atoms with Gasteiger partial charge >= 0.3 is 0 Å². The van der Waals surface area contributed by atoms with E-state index in [0.717, 1.165) is 22.2 Å². The number of nitro benzene ring substituents is 2. The van der Waals surface area contributed by atoms with E-state index in [1.54, 1.807) is 6.92 Å². The van der Waals surface area contributed by atoms with Crippen LogP contribution in [0.3, 0.4) is 0 Å². The molecule has 0 fully saturated rings. The second-order valence-corrected chi connectivity index (χ2v) is 6.16. The smallest absolute Gasteiger partial charge is 0.273 e. The number of non-ortho nitro benzene ring substituents is 1. The maximum absolute atomic E-state index is 12.0. The minimum Gasteiger partial charge on any atom is -0.273 e. The Morgan fingerprint density at radius 2 is 1.77 bits per heavy atom. The Kier molecular flexibility index (Phi) is 6.12. The standard InChI is InChI=1S/C16H13BrN4O5/c1-10(11-2-5-13(17)6-3-11)18-19-16(22)8-12-4-7-14(20(23)24)9-15(12)21(25)26/h2-7,9H,8H2,1H3,(H,19,22). The molecule has 0 aliphatic heterocycles. The highest BCUT2D eigenvalue weighted by atomic mass is 79.9. The summed E-state index contributed by atoms with van der Waals surface area (Å²) in [4.78, 5) is 32.3. The van der Waals surface area contributed by atoms with Crippen LogP contribution in [0.2, 0.25) is 0 Å². The summed E-state index contributed by atoms with van der Waals surface area (Å²) < 4.78 is 0.906. The van der Waals surface area contributed by atoms with Crippen molar-refractivity contribution in [3.05, 3.63) is 78.3 Å². The van der Waals surface area contributed by atoms with Gasteiger partial charge in [-0.05, 0) is 30.7 Å². The van der Waals surface area contributed by atoms with Gasteiger partial charge in [-0.25, -0.2) is 5.43 Å². The van der Waals surface area contributed by atoms with Crippen LogP contribution in [0.5, 0.6) is 0 Å². The molecule has 0 bridgehead atoms. The van der Waals surface area contributed by atoms with Gasteiger partial charge in [-0.3, -0.25) is 25.0 Å². The van der Waals surface area contributed by atoms with Crippen molar-refractivity contribution in [3.8, 4) is 0 Å². The van der Waals surface area contributed by atoms with Gasteiger partial charge < -0.3 is 0 Å². The zero-order valence-corrected chi connectivity index (χ0v) is 15.1. The number of hydrazone groups is 1. The zero-order valence-electron chi connectivity index (χ0n) is 13.5. The number of nitro groups is 2. The van der Waals surface area contributed by atoms with Gasteiger partial charge in [-0.1, -0.05) is 28.1 Å². The molecule has 134 valence electrons. The van der Waals surface area contributed by atoms with Crippen molar-refractivity contribution in [2.45, 2.75) is 13.3 Å². The third kappa shape index (κ3) is 4.93. The number of rotatable bonds is 6. The molecule has 26 heavy (non-hydrogen) atoms. The molecule has 0 heterocycles. The molecule has 0 aliphatic carbocycles. The molecule has 0 saturated carbocycles. The van der Waals surface area contributed by atoms with Crippen LogP contribution in [-0.2, 0) is 11.2 Å². The quantitative estimate of drug-likeness (QED) is 0.435. The van der Waals surface area contributed by atoms with E-state index in [2.05, 4.69) is 26.5 Å². The maximum atomic E-state index is 12.0. The Balaban J connectivity index is 2.12. The molecular formula is C16H13BrN4O5. The van der Waals surface area contributed by atoms with Crippen LogP contribution in [0.15, 0.2) is 52.0 Å². The lowest BCUT2D eigenvalue weighted by atomic mass is 10.1. The van der Waals surface area contributed by atoms with Gasteiger partial charge in [0.15, 0.2) is 0 Å². The van der Waals surface area contributed by atoms with Crippen LogP contribution in [0.4, 0.5) is 11.4 Å². The van der Waals surface area contributed by atoms with Crippen LogP contribution in [0.1, 0.15) is 18.1 Å². The third-order valence-corrected chi connectivity index (χ3v) is 3.97. The average molecular weight is 421 g/mol. The summed E-state index contributed by atoms with van der Waals surface area (Å²) >= 11 is 3.32. The summed E-state index contributed by atoms with van der Waals surface area (Å²) in [6.45, 7) is 1.71. The molecule has 1 N–H and O–H groups in total. The van der Waals surface area contributed by atoms with Crippen molar-refractivity contribution >= 4 is 38.9 Å². The lowest BCUT2D eigenvalue weighted by Gasteiger charge is -2.04. The number of hydrogen-bond acceptors (Lipinski definition) is 6. The molecule has 10 heteroatoms. The molecule has 0 aromatic heterocycles. The highest BCUT2D eigenvalue weighted by Crippen LogP contribution is 2.25. The lowest BCUT2D eigenvalue weighted by molar-refractivity contribution is -0.394. The summed E-state index contributed by atoms with van der Waals surface area (Å²) in [5.41, 5.74) is 2.86. The highest BCUT2D eigenvalue weighted by molar-refractivity contribution is 9.10. The molecular weight excluding hydrogens is 408 g/mol. The first-order valence-electron chi connectivity index (χ1n) is 7.28. The number of carbonyl (C=O) groups is 1. The molecule has 0 radical (unpaired) electrons. The van der Waals surface area contributed by atoms with Gasteiger partial charge in [-0.2, -0.15) is 5.10 Å². The topological polar surface area (TPSA) is 128 Å². The lowest BCUT2D eigenvalue weighted by Crippen LogP contribution is -2.21. The number of amides is 1. The van der Waals surface area contributed by atoms with Crippen LogP contribution < -0.4 is 5.43 Å². The Morgan fingerprint density at radius 1 is 1.12 bits per heavy atom. The number of nitrogens with one attached hydrogen (secondary N) is 1. The van der Waals surface area contributed by atoms with E-state index in [4.69, 9.17) is 0 Å². The zero-order chi connectivity index (χ0) is 19.3. The third-order valence-electron chi connectivity index (χ3n) is 3.44. The summed E-state index contributed by atoms with van der Waals surface area (Å²) in [5, 5.41) is 25.8. The molecule has 2 rings (SSSR count). The largest absolute Gasteiger partial charge is 0.279 e. The fourth-order valence-electron chi connectivity index (χ4n) is 2.10. The van der Waals surface area contributed by atoms with Gasteiger partial charge in [0, 0.05) is 16.1 Å². The molecule has 0 unspecified atom stereocenters. The molecule has 2 aromatic carbocycles. The minimum absolute atomic E-state index is 0.0644. The van der Waals surface area contributed by atoms with Crippen molar-refractivity contribution in [1.82, 2.24) is 5.43 Å². The van der Waals surface area contributed by atoms with E-state index in [1.165, 1.54) is 6.07 Å². The summed E-state index contributed by atoms with van der Waals surface area (Å²) in [6, 6.07) is 10.4. The van der Waals surface area contributed by atoms with E-state index in [0.29, 0.717) is 5.71 Å². The highest BCUT2D eigenvalue weighted by Gasteiger charge is 2.21. The molecule has 0 saturated heterocycles. The monoisotopic (exact) mass is 420 g/mol. The number of hydrogen-bond donors (Lipinski definition) is 1. The second-order valence-electron chi connectivity index (χ2n) is 5.24. The normalized spacial score (nSPS) is 11.1. The van der Waals surface area contributed by atoms with Gasteiger partial charge in [0.25, 0.3) is 11.4 Å². The van der Waals surface area contributed by atoms with Crippen LogP contribution in [-0.4, -0.2) is 21.5 Å². The fourth-order valence-corrected chi connectivity index (χ4v) is 2.36. The van der Waals surface area contributed by atoms with E-state index in [9.17, 15) is 25.0 Å². The molecule has 9 nitrogen and oxygen atoms in total. The van der Waals surface area contributed by atoms with Gasteiger partial charge in [0.05, 0.1) is 28.0 Å². The van der Waals surface area contributed by atoms with E-state index < -0.39 is 27.1 Å². The van der Waals surface area contributed by atoms with Gasteiger partial charge in [-0.15, -0.1) is 0 Å². The van der Waals surface area contributed by atoms with E-state index in [-0.39, 0.29) is 12.0 Å². The predicted octanol–water partition coefficient (Wildman–Crippen LogP) is 3.35. The van der Waals surface area contributed by atoms with Gasteiger partial charge in [0.1, 0.15) is 0 Å². The maximum Gasteiger partial charge on any atom is 0.279 e. The summed E-state index contributed by atoms with van der Waals surface area (Å²) in [5.74, 6) is -0.571. The Bertz CT molecular complexity index is 896. The number of nitrogens with zero attached hydrogens (tertiary/aromatic N) is 3. The van der Waals surface area contributed by atoms with Crippen molar-refractivity contribution in [1.29, 1.82) is 0 Å². The van der Waals surface area contributed by atoms with Crippen LogP contribution >= 0.6 is 15.9 Å². The second kappa shape index (κ2) is 8.30. The van der Waals surface area contributed by atoms with Crippen molar-refractivity contribution in [2.75, 3.05) is 0 Å². The number of benzene rings is 2. The predicted molar refractivity (Wildman–Crippen MR) is 98.0 cm³/mol. The molecule has 0 aliphatic rings. The van der Waals surface area contributed by atoms with Gasteiger partial charge in [0.2, 0.25) is 5.91 Å². The summed E-state index contributed by atoms with van der Waals surface area (Å²) in [7, 11) is 0. The Hall–Kier alpha value is -3.14. The fraction of sp³-hybridized carbons (Fsp3) is 0.125. The molecule has 1 amide bonds. The van der Waals surface area contributed by atoms with E-state index >= 15 is 0 Å². The molecule has 0 atom stereocenters. The van der Waals surface area contributed by atoms with Crippen molar-refractivity contribution in [3.63, 3.8) is 0 Å².